The number of carbonyl (C=O) groups excluding carboxylic acids is 2. The van der Waals surface area contributed by atoms with Crippen molar-refractivity contribution in [3.8, 4) is 0 Å². The molecule has 5 heteroatoms. The molecule has 2 aliphatic heterocycles. The van der Waals surface area contributed by atoms with Gasteiger partial charge in [0.15, 0.2) is 11.9 Å². The van der Waals surface area contributed by atoms with Gasteiger partial charge in [0.05, 0.1) is 23.8 Å². The summed E-state index contributed by atoms with van der Waals surface area (Å²) in [4.78, 5) is 27.0. The molecule has 2 aliphatic rings. The Morgan fingerprint density at radius 3 is 2.38 bits per heavy atom. The molecule has 0 bridgehead atoms. The number of nitrogens with zero attached hydrogens (tertiary/aromatic N) is 1. The molecule has 1 amide bonds. The lowest BCUT2D eigenvalue weighted by Gasteiger charge is -2.48. The number of hydrogen-bond acceptors (Lipinski definition) is 4. The summed E-state index contributed by atoms with van der Waals surface area (Å²) >= 11 is 0. The van der Waals surface area contributed by atoms with Gasteiger partial charge >= 0.3 is 0 Å². The summed E-state index contributed by atoms with van der Waals surface area (Å²) in [5, 5.41) is 11.0. The summed E-state index contributed by atoms with van der Waals surface area (Å²) < 4.78 is 5.27. The molecule has 0 saturated carbocycles. The van der Waals surface area contributed by atoms with E-state index in [0.717, 1.165) is 5.56 Å². The fourth-order valence-corrected chi connectivity index (χ4v) is 3.76. The second-order valence-electron chi connectivity index (χ2n) is 6.12. The lowest BCUT2D eigenvalue weighted by atomic mass is 9.81. The van der Waals surface area contributed by atoms with Crippen molar-refractivity contribution in [3.05, 3.63) is 65.7 Å². The molecule has 4 rings (SSSR count). The number of amides is 1. The molecule has 2 aromatic carbocycles. The normalized spacial score (nSPS) is 28.7. The lowest BCUT2D eigenvalue weighted by Crippen LogP contribution is -2.70. The van der Waals surface area contributed by atoms with E-state index in [9.17, 15) is 14.7 Å². The number of anilines is 1. The molecule has 0 aromatic heterocycles. The minimum Gasteiger partial charge on any atom is -0.390 e. The number of rotatable bonds is 2. The van der Waals surface area contributed by atoms with Gasteiger partial charge in [0, 0.05) is 12.7 Å². The van der Waals surface area contributed by atoms with Crippen LogP contribution in [0.25, 0.3) is 0 Å². The van der Waals surface area contributed by atoms with Crippen molar-refractivity contribution in [2.45, 2.75) is 24.2 Å². The molecule has 24 heavy (non-hydrogen) atoms. The molecule has 4 atom stereocenters. The third-order valence-corrected chi connectivity index (χ3v) is 4.90. The summed E-state index contributed by atoms with van der Waals surface area (Å²) in [6.07, 6.45) is -1.76. The second-order valence-corrected chi connectivity index (χ2v) is 6.12. The smallest absolute Gasteiger partial charge is 0.258 e. The Kier molecular flexibility index (Phi) is 3.48. The Morgan fingerprint density at radius 2 is 1.67 bits per heavy atom. The molecule has 1 N–H and O–H groups in total. The predicted molar refractivity (Wildman–Crippen MR) is 88.0 cm³/mol. The van der Waals surface area contributed by atoms with Gasteiger partial charge in [-0.2, -0.15) is 0 Å². The molecule has 0 aliphatic carbocycles. The summed E-state index contributed by atoms with van der Waals surface area (Å²) in [6, 6.07) is 15.6. The molecule has 2 aromatic rings. The van der Waals surface area contributed by atoms with E-state index in [-0.39, 0.29) is 11.7 Å². The Hall–Kier alpha value is -2.50. The zero-order chi connectivity index (χ0) is 16.8. The van der Waals surface area contributed by atoms with Crippen molar-refractivity contribution < 1.29 is 19.4 Å². The zero-order valence-corrected chi connectivity index (χ0v) is 13.1. The predicted octanol–water partition coefficient (Wildman–Crippen LogP) is 1.76. The lowest BCUT2D eigenvalue weighted by molar-refractivity contribution is -0.144. The second kappa shape index (κ2) is 5.54. The van der Waals surface area contributed by atoms with Gasteiger partial charge in [-0.15, -0.1) is 0 Å². The number of methoxy groups -OCH3 is 1. The van der Waals surface area contributed by atoms with Crippen LogP contribution in [-0.4, -0.2) is 42.2 Å². The topological polar surface area (TPSA) is 66.8 Å². The average Bonchev–Trinajstić information content (AvgIpc) is 2.68. The number of aliphatic hydroxyl groups is 1. The number of carbonyl (C=O) groups is 2. The molecule has 0 spiro atoms. The third-order valence-electron chi connectivity index (χ3n) is 4.90. The standard InChI is InChI=1S/C19H17NO4/c1-24-18-15-17(22)14(11-7-3-2-4-8-11)16(21)12-9-5-6-10-13(12)20(15)19(18)23/h2-10,14-15,17-18,22H,1H3/t14-,15+,17+,18-/m0/s1. The maximum atomic E-state index is 13.1. The molecule has 1 saturated heterocycles. The van der Waals surface area contributed by atoms with Crippen molar-refractivity contribution in [1.82, 2.24) is 0 Å². The molecular weight excluding hydrogens is 306 g/mol. The van der Waals surface area contributed by atoms with Crippen LogP contribution >= 0.6 is 0 Å². The Morgan fingerprint density at radius 1 is 1.00 bits per heavy atom. The highest BCUT2D eigenvalue weighted by atomic mass is 16.5. The fourth-order valence-electron chi connectivity index (χ4n) is 3.76. The van der Waals surface area contributed by atoms with Gasteiger partial charge in [0.2, 0.25) is 0 Å². The highest BCUT2D eigenvalue weighted by Crippen LogP contribution is 2.43. The van der Waals surface area contributed by atoms with Crippen LogP contribution in [0.5, 0.6) is 0 Å². The van der Waals surface area contributed by atoms with E-state index in [1.807, 2.05) is 30.3 Å². The van der Waals surface area contributed by atoms with Crippen LogP contribution in [0, 0.1) is 0 Å². The van der Waals surface area contributed by atoms with E-state index in [2.05, 4.69) is 0 Å². The van der Waals surface area contributed by atoms with Gasteiger partial charge in [0.25, 0.3) is 5.91 Å². The number of para-hydroxylation sites is 1. The van der Waals surface area contributed by atoms with E-state index in [4.69, 9.17) is 4.74 Å². The minimum absolute atomic E-state index is 0.179. The largest absolute Gasteiger partial charge is 0.390 e. The molecule has 1 fully saturated rings. The molecule has 122 valence electrons. The number of Topliss-reactive ketones (excluding diaryl/α,β-unsaturated/α-hetero) is 1. The highest BCUT2D eigenvalue weighted by molar-refractivity contribution is 6.14. The maximum absolute atomic E-state index is 13.1. The first kappa shape index (κ1) is 15.1. The summed E-state index contributed by atoms with van der Waals surface area (Å²) in [6.45, 7) is 0. The average molecular weight is 323 g/mol. The maximum Gasteiger partial charge on any atom is 0.258 e. The monoisotopic (exact) mass is 323 g/mol. The number of ketones is 1. The van der Waals surface area contributed by atoms with E-state index < -0.39 is 24.2 Å². The van der Waals surface area contributed by atoms with Crippen LogP contribution in [0.3, 0.4) is 0 Å². The van der Waals surface area contributed by atoms with E-state index in [0.29, 0.717) is 11.3 Å². The van der Waals surface area contributed by atoms with Crippen molar-refractivity contribution in [3.63, 3.8) is 0 Å². The van der Waals surface area contributed by atoms with Gasteiger partial charge in [-0.25, -0.2) is 0 Å². The quantitative estimate of drug-likeness (QED) is 0.855. The summed E-state index contributed by atoms with van der Waals surface area (Å²) in [5.74, 6) is -1.13. The Balaban J connectivity index is 1.89. The van der Waals surface area contributed by atoms with Crippen LogP contribution in [0.1, 0.15) is 21.8 Å². The van der Waals surface area contributed by atoms with E-state index >= 15 is 0 Å². The SMILES string of the molecule is CO[C@@H]1C(=O)N2c3ccccc3C(=O)[C@H](c3ccccc3)[C@@H](O)[C@H]12. The van der Waals surface area contributed by atoms with Gasteiger partial charge in [-0.3, -0.25) is 9.59 Å². The Bertz CT molecular complexity index is 804. The first-order chi connectivity index (χ1) is 11.6. The van der Waals surface area contributed by atoms with Gasteiger partial charge < -0.3 is 14.7 Å². The summed E-state index contributed by atoms with van der Waals surface area (Å²) in [7, 11) is 1.45. The number of ether oxygens (including phenoxy) is 1. The van der Waals surface area contributed by atoms with Crippen molar-refractivity contribution >= 4 is 17.4 Å². The molecule has 0 radical (unpaired) electrons. The van der Waals surface area contributed by atoms with Crippen molar-refractivity contribution in [2.75, 3.05) is 12.0 Å². The van der Waals surface area contributed by atoms with Crippen LogP contribution in [-0.2, 0) is 9.53 Å². The molecular formula is C19H17NO4. The number of fused-ring (bicyclic) bond motifs is 3. The van der Waals surface area contributed by atoms with Crippen LogP contribution in [0.4, 0.5) is 5.69 Å². The first-order valence-electron chi connectivity index (χ1n) is 7.87. The number of benzene rings is 2. The minimum atomic E-state index is -1.03. The Labute approximate surface area is 139 Å². The number of hydrogen-bond donors (Lipinski definition) is 1. The van der Waals surface area contributed by atoms with Crippen molar-refractivity contribution in [1.29, 1.82) is 0 Å². The molecule has 2 heterocycles. The fraction of sp³-hybridized carbons (Fsp3) is 0.263. The van der Waals surface area contributed by atoms with E-state index in [1.165, 1.54) is 12.0 Å². The van der Waals surface area contributed by atoms with Gasteiger partial charge in [0.1, 0.15) is 0 Å². The zero-order valence-electron chi connectivity index (χ0n) is 13.1. The number of β-lactam (4-membered cyclic amide) rings is 1. The summed E-state index contributed by atoms with van der Waals surface area (Å²) in [5.41, 5.74) is 1.74. The van der Waals surface area contributed by atoms with Crippen LogP contribution < -0.4 is 4.90 Å². The molecule has 0 unspecified atom stereocenters. The van der Waals surface area contributed by atoms with E-state index in [1.54, 1.807) is 24.3 Å². The van der Waals surface area contributed by atoms with Crippen LogP contribution in [0.15, 0.2) is 54.6 Å². The third kappa shape index (κ3) is 1.95. The highest BCUT2D eigenvalue weighted by Gasteiger charge is 2.57. The van der Waals surface area contributed by atoms with Gasteiger partial charge in [-0.1, -0.05) is 42.5 Å². The number of aliphatic hydroxyl groups excluding tert-OH is 1. The van der Waals surface area contributed by atoms with Crippen LogP contribution in [0.2, 0.25) is 0 Å². The first-order valence-corrected chi connectivity index (χ1v) is 7.87. The molecule has 5 nitrogen and oxygen atoms in total. The van der Waals surface area contributed by atoms with Gasteiger partial charge in [-0.05, 0) is 17.7 Å². The van der Waals surface area contributed by atoms with Crippen molar-refractivity contribution in [2.24, 2.45) is 0 Å².